The highest BCUT2D eigenvalue weighted by atomic mass is 35.5. The molecule has 2 aromatic carbocycles. The fourth-order valence-electron chi connectivity index (χ4n) is 3.30. The predicted octanol–water partition coefficient (Wildman–Crippen LogP) is 3.60. The fraction of sp³-hybridized carbons (Fsp3) is 0.381. The Morgan fingerprint density at radius 3 is 2.47 bits per heavy atom. The number of benzene rings is 2. The van der Waals surface area contributed by atoms with Gasteiger partial charge in [0.1, 0.15) is 5.75 Å². The molecule has 30 heavy (non-hydrogen) atoms. The molecule has 0 aromatic heterocycles. The summed E-state index contributed by atoms with van der Waals surface area (Å²) in [4.78, 5) is 14.1. The third-order valence-electron chi connectivity index (χ3n) is 4.90. The van der Waals surface area contributed by atoms with Crippen LogP contribution in [0.5, 0.6) is 5.75 Å². The monoisotopic (exact) mass is 451 g/mol. The van der Waals surface area contributed by atoms with Crippen molar-refractivity contribution in [3.8, 4) is 5.75 Å². The standard InChI is InChI=1S/C21H26ClN3O4S/c1-3-21(26)23-19-15-18(8-9-20(19)29-4-2)30(27,28)25-12-10-24(11-13-25)17-7-5-6-16(22)14-17/h5-9,14-15H,3-4,10-13H2,1-2H3,(H,23,26). The molecule has 2 aromatic rings. The van der Waals surface area contributed by atoms with Crippen LogP contribution in [-0.4, -0.2) is 51.4 Å². The molecular weight excluding hydrogens is 426 g/mol. The number of anilines is 2. The van der Waals surface area contributed by atoms with E-state index in [0.717, 1.165) is 5.69 Å². The molecule has 0 unspecified atom stereocenters. The minimum atomic E-state index is -3.70. The summed E-state index contributed by atoms with van der Waals surface area (Å²) in [6.45, 7) is 5.82. The van der Waals surface area contributed by atoms with Crippen LogP contribution in [-0.2, 0) is 14.8 Å². The summed E-state index contributed by atoms with van der Waals surface area (Å²) in [5.74, 6) is 0.240. The largest absolute Gasteiger partial charge is 0.492 e. The van der Waals surface area contributed by atoms with Gasteiger partial charge in [-0.15, -0.1) is 0 Å². The molecule has 7 nitrogen and oxygen atoms in total. The van der Waals surface area contributed by atoms with Gasteiger partial charge in [0.25, 0.3) is 0 Å². The van der Waals surface area contributed by atoms with Crippen molar-refractivity contribution < 1.29 is 17.9 Å². The molecule has 9 heteroatoms. The molecule has 0 atom stereocenters. The number of rotatable bonds is 7. The molecule has 1 heterocycles. The third-order valence-corrected chi connectivity index (χ3v) is 7.03. The molecule has 0 saturated carbocycles. The Morgan fingerprint density at radius 1 is 1.10 bits per heavy atom. The Morgan fingerprint density at radius 2 is 1.83 bits per heavy atom. The van der Waals surface area contributed by atoms with Gasteiger partial charge < -0.3 is 15.0 Å². The lowest BCUT2D eigenvalue weighted by atomic mass is 10.2. The lowest BCUT2D eigenvalue weighted by Crippen LogP contribution is -2.48. The van der Waals surface area contributed by atoms with Gasteiger partial charge in [-0.1, -0.05) is 24.6 Å². The van der Waals surface area contributed by atoms with Crippen LogP contribution < -0.4 is 15.0 Å². The second kappa shape index (κ2) is 9.68. The van der Waals surface area contributed by atoms with Crippen molar-refractivity contribution in [3.63, 3.8) is 0 Å². The van der Waals surface area contributed by atoms with Crippen LogP contribution in [0.2, 0.25) is 5.02 Å². The quantitative estimate of drug-likeness (QED) is 0.695. The van der Waals surface area contributed by atoms with E-state index < -0.39 is 10.0 Å². The summed E-state index contributed by atoms with van der Waals surface area (Å²) in [5, 5.41) is 3.38. The zero-order valence-corrected chi connectivity index (χ0v) is 18.7. The van der Waals surface area contributed by atoms with Gasteiger partial charge in [0, 0.05) is 43.3 Å². The number of nitrogens with one attached hydrogen (secondary N) is 1. The van der Waals surface area contributed by atoms with Crippen LogP contribution in [0.4, 0.5) is 11.4 Å². The van der Waals surface area contributed by atoms with E-state index in [4.69, 9.17) is 16.3 Å². The van der Waals surface area contributed by atoms with E-state index in [0.29, 0.717) is 49.2 Å². The van der Waals surface area contributed by atoms with E-state index in [2.05, 4.69) is 10.2 Å². The molecular formula is C21H26ClN3O4S. The summed E-state index contributed by atoms with van der Waals surface area (Å²) in [6.07, 6.45) is 0.286. The number of nitrogens with zero attached hydrogens (tertiary/aromatic N) is 2. The van der Waals surface area contributed by atoms with E-state index in [1.165, 1.54) is 16.4 Å². The van der Waals surface area contributed by atoms with Gasteiger partial charge in [0.2, 0.25) is 15.9 Å². The fourth-order valence-corrected chi connectivity index (χ4v) is 4.93. The summed E-state index contributed by atoms with van der Waals surface area (Å²) in [7, 11) is -3.70. The molecule has 1 aliphatic rings. The first kappa shape index (κ1) is 22.4. The first-order chi connectivity index (χ1) is 14.3. The maximum absolute atomic E-state index is 13.2. The average Bonchev–Trinajstić information content (AvgIpc) is 2.75. The number of piperazine rings is 1. The van der Waals surface area contributed by atoms with Crippen molar-refractivity contribution in [2.24, 2.45) is 0 Å². The number of ether oxygens (including phenoxy) is 1. The number of sulfonamides is 1. The van der Waals surface area contributed by atoms with Crippen molar-refractivity contribution in [3.05, 3.63) is 47.5 Å². The van der Waals surface area contributed by atoms with Crippen LogP contribution >= 0.6 is 11.6 Å². The normalized spacial score (nSPS) is 15.1. The second-order valence-electron chi connectivity index (χ2n) is 6.86. The van der Waals surface area contributed by atoms with Gasteiger partial charge in [-0.05, 0) is 43.3 Å². The highest BCUT2D eigenvalue weighted by molar-refractivity contribution is 7.89. The Bertz CT molecular complexity index is 1010. The predicted molar refractivity (Wildman–Crippen MR) is 119 cm³/mol. The Hall–Kier alpha value is -2.29. The van der Waals surface area contributed by atoms with Gasteiger partial charge in [-0.3, -0.25) is 4.79 Å². The number of amides is 1. The van der Waals surface area contributed by atoms with Gasteiger partial charge >= 0.3 is 0 Å². The van der Waals surface area contributed by atoms with Crippen molar-refractivity contribution in [1.82, 2.24) is 4.31 Å². The van der Waals surface area contributed by atoms with Gasteiger partial charge in [-0.2, -0.15) is 4.31 Å². The minimum absolute atomic E-state index is 0.133. The summed E-state index contributed by atoms with van der Waals surface area (Å²) >= 11 is 6.07. The third kappa shape index (κ3) is 5.06. The van der Waals surface area contributed by atoms with Crippen molar-refractivity contribution in [2.75, 3.05) is 43.0 Å². The maximum atomic E-state index is 13.2. The number of hydrogen-bond acceptors (Lipinski definition) is 5. The molecule has 162 valence electrons. The molecule has 1 amide bonds. The van der Waals surface area contributed by atoms with Crippen LogP contribution in [0.15, 0.2) is 47.4 Å². The van der Waals surface area contributed by atoms with E-state index in [1.807, 2.05) is 31.2 Å². The van der Waals surface area contributed by atoms with E-state index >= 15 is 0 Å². The Kier molecular flexibility index (Phi) is 7.23. The molecule has 1 saturated heterocycles. The molecule has 1 fully saturated rings. The minimum Gasteiger partial charge on any atom is -0.492 e. The first-order valence-corrected chi connectivity index (χ1v) is 11.7. The maximum Gasteiger partial charge on any atom is 0.243 e. The summed E-state index contributed by atoms with van der Waals surface area (Å²) < 4.78 is 33.4. The molecule has 3 rings (SSSR count). The van der Waals surface area contributed by atoms with E-state index in [9.17, 15) is 13.2 Å². The molecule has 0 spiro atoms. The highest BCUT2D eigenvalue weighted by Gasteiger charge is 2.29. The molecule has 0 radical (unpaired) electrons. The Balaban J connectivity index is 1.78. The van der Waals surface area contributed by atoms with Crippen molar-refractivity contribution >= 4 is 38.9 Å². The van der Waals surface area contributed by atoms with Gasteiger partial charge in [0.05, 0.1) is 17.2 Å². The van der Waals surface area contributed by atoms with Gasteiger partial charge in [0.15, 0.2) is 0 Å². The smallest absolute Gasteiger partial charge is 0.243 e. The van der Waals surface area contributed by atoms with Crippen LogP contribution in [0.1, 0.15) is 20.3 Å². The Labute approximate surface area is 182 Å². The highest BCUT2D eigenvalue weighted by Crippen LogP contribution is 2.30. The first-order valence-electron chi connectivity index (χ1n) is 9.92. The average molecular weight is 452 g/mol. The van der Waals surface area contributed by atoms with Crippen LogP contribution in [0.3, 0.4) is 0 Å². The topological polar surface area (TPSA) is 79.0 Å². The second-order valence-corrected chi connectivity index (χ2v) is 9.24. The van der Waals surface area contributed by atoms with Crippen molar-refractivity contribution in [2.45, 2.75) is 25.2 Å². The number of carbonyl (C=O) groups is 1. The van der Waals surface area contributed by atoms with Gasteiger partial charge in [-0.25, -0.2) is 8.42 Å². The zero-order valence-electron chi connectivity index (χ0n) is 17.1. The summed E-state index contributed by atoms with van der Waals surface area (Å²) in [6, 6.07) is 12.1. The summed E-state index contributed by atoms with van der Waals surface area (Å²) in [5.41, 5.74) is 1.34. The number of carbonyl (C=O) groups excluding carboxylic acids is 1. The van der Waals surface area contributed by atoms with Crippen LogP contribution in [0.25, 0.3) is 0 Å². The molecule has 0 aliphatic carbocycles. The number of halogens is 1. The number of hydrogen-bond donors (Lipinski definition) is 1. The molecule has 1 N–H and O–H groups in total. The lowest BCUT2D eigenvalue weighted by Gasteiger charge is -2.35. The van der Waals surface area contributed by atoms with E-state index in [1.54, 1.807) is 13.0 Å². The SMILES string of the molecule is CCOc1ccc(S(=O)(=O)N2CCN(c3cccc(Cl)c3)CC2)cc1NC(=O)CC. The molecule has 1 aliphatic heterocycles. The van der Waals surface area contributed by atoms with Crippen LogP contribution in [0, 0.1) is 0 Å². The molecule has 0 bridgehead atoms. The zero-order chi connectivity index (χ0) is 21.7. The van der Waals surface area contributed by atoms with E-state index in [-0.39, 0.29) is 17.2 Å². The lowest BCUT2D eigenvalue weighted by molar-refractivity contribution is -0.115. The van der Waals surface area contributed by atoms with Crippen molar-refractivity contribution in [1.29, 1.82) is 0 Å².